The molecular weight excluding hydrogens is 396 g/mol. The predicted octanol–water partition coefficient (Wildman–Crippen LogP) is 4.48. The highest BCUT2D eigenvalue weighted by molar-refractivity contribution is 7.98. The zero-order valence-corrected chi connectivity index (χ0v) is 16.9. The standard InChI is InChI=1S/C21H19ClN2O3S/c1-13-18(7-14-5-3-2-4-6-14)20(25)24-21(23-13)28-11-16-9-17(22)8-15-10-26-12-27-19(15)16/h2-6,8-9H,7,10-12H2,1H3,(H,23,24,25). The summed E-state index contributed by atoms with van der Waals surface area (Å²) in [5, 5.41) is 1.22. The first-order chi connectivity index (χ1) is 13.6. The van der Waals surface area contributed by atoms with Crippen molar-refractivity contribution in [1.82, 2.24) is 9.97 Å². The predicted molar refractivity (Wildman–Crippen MR) is 110 cm³/mol. The number of aromatic nitrogens is 2. The van der Waals surface area contributed by atoms with E-state index in [1.165, 1.54) is 11.8 Å². The van der Waals surface area contributed by atoms with Gasteiger partial charge in [0.05, 0.1) is 6.61 Å². The summed E-state index contributed by atoms with van der Waals surface area (Å²) in [6.07, 6.45) is 0.565. The number of nitrogens with one attached hydrogen (secondary N) is 1. The third-order valence-corrected chi connectivity index (χ3v) is 5.68. The maximum Gasteiger partial charge on any atom is 0.255 e. The van der Waals surface area contributed by atoms with Crippen LogP contribution >= 0.6 is 23.4 Å². The lowest BCUT2D eigenvalue weighted by molar-refractivity contribution is -0.0168. The summed E-state index contributed by atoms with van der Waals surface area (Å²) in [7, 11) is 0. The average molecular weight is 415 g/mol. The van der Waals surface area contributed by atoms with Crippen molar-refractivity contribution < 1.29 is 9.47 Å². The first kappa shape index (κ1) is 19.1. The maximum atomic E-state index is 12.6. The minimum atomic E-state index is -0.100. The lowest BCUT2D eigenvalue weighted by Gasteiger charge is -2.21. The summed E-state index contributed by atoms with van der Waals surface area (Å²) in [5.74, 6) is 1.39. The first-order valence-corrected chi connectivity index (χ1v) is 10.2. The molecule has 5 nitrogen and oxygen atoms in total. The number of nitrogens with zero attached hydrogens (tertiary/aromatic N) is 1. The zero-order chi connectivity index (χ0) is 19.5. The van der Waals surface area contributed by atoms with Gasteiger partial charge in [-0.05, 0) is 24.6 Å². The van der Waals surface area contributed by atoms with E-state index in [-0.39, 0.29) is 12.4 Å². The van der Waals surface area contributed by atoms with Crippen LogP contribution in [0.15, 0.2) is 52.4 Å². The summed E-state index contributed by atoms with van der Waals surface area (Å²) in [6, 6.07) is 13.6. The molecule has 144 valence electrons. The highest BCUT2D eigenvalue weighted by atomic mass is 35.5. The van der Waals surface area contributed by atoms with Crippen molar-refractivity contribution in [3.8, 4) is 5.75 Å². The fraction of sp³-hybridized carbons (Fsp3) is 0.238. The number of H-pyrrole nitrogens is 1. The van der Waals surface area contributed by atoms with Crippen molar-refractivity contribution in [3.05, 3.63) is 85.8 Å². The lowest BCUT2D eigenvalue weighted by Crippen LogP contribution is -2.17. The van der Waals surface area contributed by atoms with Crippen LogP contribution in [0.2, 0.25) is 5.02 Å². The fourth-order valence-electron chi connectivity index (χ4n) is 3.17. The molecular formula is C21H19ClN2O3S. The van der Waals surface area contributed by atoms with E-state index in [1.54, 1.807) is 0 Å². The molecule has 0 radical (unpaired) electrons. The van der Waals surface area contributed by atoms with Gasteiger partial charge >= 0.3 is 0 Å². The molecule has 7 heteroatoms. The molecule has 1 N–H and O–H groups in total. The minimum absolute atomic E-state index is 0.100. The Hall–Kier alpha value is -2.28. The van der Waals surface area contributed by atoms with Crippen LogP contribution in [-0.2, 0) is 23.5 Å². The number of halogens is 1. The number of aryl methyl sites for hydroxylation is 1. The number of rotatable bonds is 5. The minimum Gasteiger partial charge on any atom is -0.467 e. The van der Waals surface area contributed by atoms with Crippen LogP contribution in [0.5, 0.6) is 5.75 Å². The third kappa shape index (κ3) is 4.24. The van der Waals surface area contributed by atoms with Gasteiger partial charge in [-0.25, -0.2) is 4.98 Å². The molecule has 1 aliphatic heterocycles. The van der Waals surface area contributed by atoms with Gasteiger partial charge in [0.15, 0.2) is 11.9 Å². The summed E-state index contributed by atoms with van der Waals surface area (Å²) in [4.78, 5) is 20.1. The van der Waals surface area contributed by atoms with Crippen LogP contribution in [0, 0.1) is 6.92 Å². The maximum absolute atomic E-state index is 12.6. The van der Waals surface area contributed by atoms with Crippen molar-refractivity contribution in [2.75, 3.05) is 6.79 Å². The van der Waals surface area contributed by atoms with E-state index in [4.69, 9.17) is 21.1 Å². The van der Waals surface area contributed by atoms with Crippen molar-refractivity contribution in [3.63, 3.8) is 0 Å². The molecule has 0 saturated heterocycles. The normalized spacial score (nSPS) is 13.1. The number of ether oxygens (including phenoxy) is 2. The van der Waals surface area contributed by atoms with Gasteiger partial charge in [0.1, 0.15) is 5.75 Å². The Morgan fingerprint density at radius 1 is 1.25 bits per heavy atom. The first-order valence-electron chi connectivity index (χ1n) is 8.88. The lowest BCUT2D eigenvalue weighted by atomic mass is 10.1. The number of hydrogen-bond acceptors (Lipinski definition) is 5. The molecule has 28 heavy (non-hydrogen) atoms. The average Bonchev–Trinajstić information content (AvgIpc) is 2.69. The molecule has 1 aromatic heterocycles. The van der Waals surface area contributed by atoms with E-state index in [2.05, 4.69) is 9.97 Å². The molecule has 0 fully saturated rings. The van der Waals surface area contributed by atoms with Gasteiger partial charge in [-0.1, -0.05) is 53.7 Å². The van der Waals surface area contributed by atoms with Gasteiger partial charge < -0.3 is 14.5 Å². The summed E-state index contributed by atoms with van der Waals surface area (Å²) in [6.45, 7) is 2.59. The number of thioether (sulfide) groups is 1. The Kier molecular flexibility index (Phi) is 5.71. The van der Waals surface area contributed by atoms with Gasteiger partial charge in [-0.15, -0.1) is 0 Å². The van der Waals surface area contributed by atoms with Crippen LogP contribution in [0.25, 0.3) is 0 Å². The summed E-state index contributed by atoms with van der Waals surface area (Å²) in [5.41, 5.74) is 4.32. The molecule has 0 aliphatic carbocycles. The van der Waals surface area contributed by atoms with Crippen molar-refractivity contribution >= 4 is 23.4 Å². The second-order valence-electron chi connectivity index (χ2n) is 6.55. The Labute approximate surface area is 172 Å². The van der Waals surface area contributed by atoms with Crippen molar-refractivity contribution in [1.29, 1.82) is 0 Å². The molecule has 0 saturated carbocycles. The second kappa shape index (κ2) is 8.39. The van der Waals surface area contributed by atoms with Crippen LogP contribution in [0.4, 0.5) is 0 Å². The molecule has 0 spiro atoms. The van der Waals surface area contributed by atoms with E-state index in [0.29, 0.717) is 34.5 Å². The fourth-order valence-corrected chi connectivity index (χ4v) is 4.31. The summed E-state index contributed by atoms with van der Waals surface area (Å²) < 4.78 is 11.0. The summed E-state index contributed by atoms with van der Waals surface area (Å²) >= 11 is 7.67. The van der Waals surface area contributed by atoms with E-state index in [9.17, 15) is 4.79 Å². The van der Waals surface area contributed by atoms with Crippen LogP contribution in [0.3, 0.4) is 0 Å². The van der Waals surface area contributed by atoms with Crippen LogP contribution in [0.1, 0.15) is 27.9 Å². The molecule has 2 heterocycles. The monoisotopic (exact) mass is 414 g/mol. The Morgan fingerprint density at radius 3 is 2.86 bits per heavy atom. The van der Waals surface area contributed by atoms with Crippen molar-refractivity contribution in [2.24, 2.45) is 0 Å². The number of aromatic amines is 1. The largest absolute Gasteiger partial charge is 0.467 e. The van der Waals surface area contributed by atoms with Crippen LogP contribution in [-0.4, -0.2) is 16.8 Å². The van der Waals surface area contributed by atoms with E-state index in [0.717, 1.165) is 28.1 Å². The number of fused-ring (bicyclic) bond motifs is 1. The Bertz CT molecular complexity index is 1050. The Balaban J connectivity index is 1.54. The van der Waals surface area contributed by atoms with Gasteiger partial charge in [-0.3, -0.25) is 4.79 Å². The number of hydrogen-bond donors (Lipinski definition) is 1. The molecule has 3 aromatic rings. The Morgan fingerprint density at radius 2 is 2.07 bits per heavy atom. The SMILES string of the molecule is Cc1nc(SCc2cc(Cl)cc3c2OCOC3)[nH]c(=O)c1Cc1ccccc1. The van der Waals surface area contributed by atoms with Gasteiger partial charge in [0.25, 0.3) is 5.56 Å². The van der Waals surface area contributed by atoms with E-state index in [1.807, 2.05) is 49.4 Å². The van der Waals surface area contributed by atoms with Gasteiger partial charge in [0.2, 0.25) is 0 Å². The smallest absolute Gasteiger partial charge is 0.255 e. The van der Waals surface area contributed by atoms with E-state index >= 15 is 0 Å². The van der Waals surface area contributed by atoms with Crippen molar-refractivity contribution in [2.45, 2.75) is 30.9 Å². The molecule has 0 atom stereocenters. The van der Waals surface area contributed by atoms with E-state index < -0.39 is 0 Å². The van der Waals surface area contributed by atoms with Gasteiger partial charge in [0, 0.05) is 39.6 Å². The van der Waals surface area contributed by atoms with Gasteiger partial charge in [-0.2, -0.15) is 0 Å². The highest BCUT2D eigenvalue weighted by Crippen LogP contribution is 2.34. The molecule has 0 amide bonds. The quantitative estimate of drug-likeness (QED) is 0.492. The highest BCUT2D eigenvalue weighted by Gasteiger charge is 2.17. The molecule has 0 bridgehead atoms. The second-order valence-corrected chi connectivity index (χ2v) is 7.95. The molecule has 4 rings (SSSR count). The molecule has 0 unspecified atom stereocenters. The topological polar surface area (TPSA) is 64.2 Å². The number of benzene rings is 2. The molecule has 1 aliphatic rings. The molecule has 2 aromatic carbocycles. The third-order valence-electron chi connectivity index (χ3n) is 4.54. The zero-order valence-electron chi connectivity index (χ0n) is 15.3. The van der Waals surface area contributed by atoms with Crippen LogP contribution < -0.4 is 10.3 Å².